The zero-order valence-electron chi connectivity index (χ0n) is 18.9. The summed E-state index contributed by atoms with van der Waals surface area (Å²) in [5.41, 5.74) is 8.44. The molecule has 0 amide bonds. The minimum Gasteiger partial charge on any atom is -0.200 e. The molecule has 1 heteroatoms. The van der Waals surface area contributed by atoms with Crippen LogP contribution in [0.2, 0.25) is 0 Å². The van der Waals surface area contributed by atoms with E-state index in [1.54, 1.807) is 0 Å². The lowest BCUT2D eigenvalue weighted by atomic mass is 9.86. The molecule has 1 heterocycles. The highest BCUT2D eigenvalue weighted by atomic mass is 14.9. The van der Waals surface area contributed by atoms with E-state index >= 15 is 0 Å². The van der Waals surface area contributed by atoms with Crippen LogP contribution in [0.5, 0.6) is 0 Å². The van der Waals surface area contributed by atoms with E-state index in [1.165, 1.54) is 50.7 Å². The molecule has 3 rings (SSSR count). The van der Waals surface area contributed by atoms with Crippen molar-refractivity contribution in [2.24, 2.45) is 7.05 Å². The Morgan fingerprint density at radius 1 is 0.857 bits per heavy atom. The number of fused-ring (bicyclic) bond motifs is 1. The number of pyridine rings is 1. The first-order chi connectivity index (χ1) is 13.2. The van der Waals surface area contributed by atoms with Gasteiger partial charge in [-0.15, -0.1) is 0 Å². The Morgan fingerprint density at radius 2 is 1.57 bits per heavy atom. The first-order valence-corrected chi connectivity index (χ1v) is 10.8. The lowest BCUT2D eigenvalue weighted by molar-refractivity contribution is -0.659. The minimum absolute atomic E-state index is 0.522. The Bertz CT molecular complexity index is 995. The molecule has 2 aromatic carbocycles. The van der Waals surface area contributed by atoms with E-state index in [0.717, 1.165) is 0 Å². The first-order valence-electron chi connectivity index (χ1n) is 10.8. The number of aryl methyl sites for hydroxylation is 1. The number of benzene rings is 2. The van der Waals surface area contributed by atoms with Crippen LogP contribution < -0.4 is 4.57 Å². The predicted molar refractivity (Wildman–Crippen MR) is 122 cm³/mol. The average Bonchev–Trinajstić information content (AvgIpc) is 2.67. The smallest absolute Gasteiger partial charge is 0.200 e. The normalized spacial score (nSPS) is 12.9. The summed E-state index contributed by atoms with van der Waals surface area (Å²) >= 11 is 0. The molecule has 0 saturated carbocycles. The van der Waals surface area contributed by atoms with Gasteiger partial charge in [-0.1, -0.05) is 59.7 Å². The molecule has 0 fully saturated rings. The van der Waals surface area contributed by atoms with Gasteiger partial charge in [-0.2, -0.15) is 0 Å². The maximum Gasteiger partial charge on any atom is 0.220 e. The lowest BCUT2D eigenvalue weighted by Gasteiger charge is -2.19. The fraction of sp³-hybridized carbons (Fsp3) is 0.444. The molecule has 0 radical (unpaired) electrons. The Morgan fingerprint density at radius 3 is 2.18 bits per heavy atom. The van der Waals surface area contributed by atoms with Crippen LogP contribution in [0.4, 0.5) is 0 Å². The predicted octanol–water partition coefficient (Wildman–Crippen LogP) is 7.40. The minimum atomic E-state index is 0.522. The van der Waals surface area contributed by atoms with Gasteiger partial charge in [0.25, 0.3) is 0 Å². The van der Waals surface area contributed by atoms with Gasteiger partial charge in [0.05, 0.1) is 10.9 Å². The highest BCUT2D eigenvalue weighted by Crippen LogP contribution is 2.35. The van der Waals surface area contributed by atoms with Crippen LogP contribution in [0.1, 0.15) is 88.0 Å². The molecule has 3 aromatic rings. The number of hydrogen-bond acceptors (Lipinski definition) is 0. The number of nitrogens with zero attached hydrogens (tertiary/aromatic N) is 1. The van der Waals surface area contributed by atoms with Crippen molar-refractivity contribution in [3.63, 3.8) is 0 Å². The quantitative estimate of drug-likeness (QED) is 0.410. The van der Waals surface area contributed by atoms with E-state index in [1.807, 2.05) is 0 Å². The summed E-state index contributed by atoms with van der Waals surface area (Å²) in [4.78, 5) is 0. The van der Waals surface area contributed by atoms with Crippen molar-refractivity contribution in [2.45, 2.75) is 72.6 Å². The molecular formula is C27H36N+. The van der Waals surface area contributed by atoms with Crippen LogP contribution in [-0.2, 0) is 7.05 Å². The molecule has 1 aromatic heterocycles. The lowest BCUT2D eigenvalue weighted by Crippen LogP contribution is -2.31. The molecule has 148 valence electrons. The Hall–Kier alpha value is -2.15. The molecule has 1 unspecified atom stereocenters. The second kappa shape index (κ2) is 8.07. The molecule has 0 aliphatic carbocycles. The van der Waals surface area contributed by atoms with E-state index in [-0.39, 0.29) is 0 Å². The van der Waals surface area contributed by atoms with Crippen LogP contribution in [0.3, 0.4) is 0 Å². The summed E-state index contributed by atoms with van der Waals surface area (Å²) in [5, 5.41) is 2.68. The maximum absolute atomic E-state index is 2.42. The van der Waals surface area contributed by atoms with Crippen LogP contribution in [-0.4, -0.2) is 0 Å². The van der Waals surface area contributed by atoms with Crippen LogP contribution in [0.15, 0.2) is 42.6 Å². The standard InChI is InChI=1S/C27H36N/c1-9-19(6)21-10-11-24-22(14-21)12-13-28(8)27(24)26-16-23(17(2)3)15-25(18(4)5)20(26)7/h10-19H,9H2,1-8H3/q+1. The van der Waals surface area contributed by atoms with Crippen molar-refractivity contribution >= 4 is 10.8 Å². The summed E-state index contributed by atoms with van der Waals surface area (Å²) in [7, 11) is 2.17. The highest BCUT2D eigenvalue weighted by molar-refractivity contribution is 5.94. The molecule has 1 nitrogen and oxygen atoms in total. The summed E-state index contributed by atoms with van der Waals surface area (Å²) in [5.74, 6) is 1.64. The number of aromatic nitrogens is 1. The second-order valence-electron chi connectivity index (χ2n) is 9.02. The zero-order chi connectivity index (χ0) is 20.6. The Kier molecular flexibility index (Phi) is 5.93. The Labute approximate surface area is 171 Å². The van der Waals surface area contributed by atoms with Crippen molar-refractivity contribution in [1.82, 2.24) is 0 Å². The molecular weight excluding hydrogens is 338 g/mol. The highest BCUT2D eigenvalue weighted by Gasteiger charge is 2.21. The summed E-state index contributed by atoms with van der Waals surface area (Å²) < 4.78 is 2.29. The Balaban J connectivity index is 2.33. The summed E-state index contributed by atoms with van der Waals surface area (Å²) in [6, 6.07) is 14.1. The molecule has 0 spiro atoms. The SMILES string of the molecule is CCC(C)c1ccc2c(-c3cc(C(C)C)cc(C(C)C)c3C)[n+](C)ccc2c1. The van der Waals surface area contributed by atoms with E-state index in [4.69, 9.17) is 0 Å². The monoisotopic (exact) mass is 374 g/mol. The summed E-state index contributed by atoms with van der Waals surface area (Å²) in [6.07, 6.45) is 3.39. The second-order valence-corrected chi connectivity index (χ2v) is 9.02. The van der Waals surface area contributed by atoms with Crippen molar-refractivity contribution < 1.29 is 4.57 Å². The van der Waals surface area contributed by atoms with Crippen LogP contribution >= 0.6 is 0 Å². The molecule has 0 aliphatic heterocycles. The van der Waals surface area contributed by atoms with Gasteiger partial charge in [-0.25, -0.2) is 4.57 Å². The molecule has 28 heavy (non-hydrogen) atoms. The van der Waals surface area contributed by atoms with Gasteiger partial charge in [-0.05, 0) is 70.9 Å². The van der Waals surface area contributed by atoms with E-state index in [0.29, 0.717) is 17.8 Å². The van der Waals surface area contributed by atoms with Gasteiger partial charge in [-0.3, -0.25) is 0 Å². The topological polar surface area (TPSA) is 3.88 Å². The molecule has 0 saturated heterocycles. The fourth-order valence-corrected chi connectivity index (χ4v) is 4.21. The van der Waals surface area contributed by atoms with Gasteiger partial charge >= 0.3 is 0 Å². The number of rotatable bonds is 5. The third-order valence-electron chi connectivity index (χ3n) is 6.36. The van der Waals surface area contributed by atoms with Crippen LogP contribution in [0, 0.1) is 6.92 Å². The third kappa shape index (κ3) is 3.72. The molecule has 0 bridgehead atoms. The van der Waals surface area contributed by atoms with Gasteiger partial charge in [0.1, 0.15) is 7.05 Å². The molecule has 0 N–H and O–H groups in total. The van der Waals surface area contributed by atoms with Crippen molar-refractivity contribution in [3.8, 4) is 11.3 Å². The fourth-order valence-electron chi connectivity index (χ4n) is 4.21. The van der Waals surface area contributed by atoms with E-state index in [2.05, 4.69) is 103 Å². The maximum atomic E-state index is 2.42. The van der Waals surface area contributed by atoms with Gasteiger partial charge in [0.2, 0.25) is 5.69 Å². The van der Waals surface area contributed by atoms with Gasteiger partial charge < -0.3 is 0 Å². The third-order valence-corrected chi connectivity index (χ3v) is 6.36. The van der Waals surface area contributed by atoms with Crippen LogP contribution in [0.25, 0.3) is 22.0 Å². The van der Waals surface area contributed by atoms with Crippen molar-refractivity contribution in [3.05, 3.63) is 64.8 Å². The first kappa shape index (κ1) is 20.6. The summed E-state index contributed by atoms with van der Waals surface area (Å²) in [6.45, 7) is 16.1. The number of hydrogen-bond donors (Lipinski definition) is 0. The molecule has 0 aliphatic rings. The van der Waals surface area contributed by atoms with Crippen molar-refractivity contribution in [1.29, 1.82) is 0 Å². The molecule has 1 atom stereocenters. The van der Waals surface area contributed by atoms with E-state index in [9.17, 15) is 0 Å². The van der Waals surface area contributed by atoms with E-state index < -0.39 is 0 Å². The van der Waals surface area contributed by atoms with Crippen molar-refractivity contribution in [2.75, 3.05) is 0 Å². The largest absolute Gasteiger partial charge is 0.220 e. The average molecular weight is 375 g/mol. The zero-order valence-corrected chi connectivity index (χ0v) is 18.9. The van der Waals surface area contributed by atoms with Gasteiger partial charge in [0.15, 0.2) is 6.20 Å². The van der Waals surface area contributed by atoms with Gasteiger partial charge in [0, 0.05) is 6.07 Å².